The van der Waals surface area contributed by atoms with Crippen molar-refractivity contribution >= 4 is 5.78 Å². The molecule has 1 aromatic carbocycles. The third kappa shape index (κ3) is 3.08. The Bertz CT molecular complexity index is 380. The number of halogens is 3. The highest BCUT2D eigenvalue weighted by Crippen LogP contribution is 2.20. The predicted octanol–water partition coefficient (Wildman–Crippen LogP) is 2.98. The molecule has 82 valence electrons. The van der Waals surface area contributed by atoms with E-state index in [0.717, 1.165) is 5.56 Å². The predicted molar refractivity (Wildman–Crippen MR) is 50.7 cm³/mol. The number of carbonyl (C=O) groups is 1. The van der Waals surface area contributed by atoms with Gasteiger partial charge in [0.2, 0.25) is 5.78 Å². The summed E-state index contributed by atoms with van der Waals surface area (Å²) >= 11 is 0. The van der Waals surface area contributed by atoms with Gasteiger partial charge in [-0.05, 0) is 25.0 Å². The summed E-state index contributed by atoms with van der Waals surface area (Å²) in [7, 11) is 0. The zero-order valence-electron chi connectivity index (χ0n) is 8.48. The lowest BCUT2D eigenvalue weighted by molar-refractivity contribution is -0.170. The molecule has 0 heterocycles. The van der Waals surface area contributed by atoms with Gasteiger partial charge in [-0.15, -0.1) is 0 Å². The van der Waals surface area contributed by atoms with Crippen molar-refractivity contribution in [3.63, 3.8) is 0 Å². The molecular formula is C11H11F3O. The SMILES string of the molecule is Cc1ccc(CC(=O)C(F)(F)F)c(C)c1. The van der Waals surface area contributed by atoms with Gasteiger partial charge in [0.1, 0.15) is 0 Å². The summed E-state index contributed by atoms with van der Waals surface area (Å²) in [4.78, 5) is 10.7. The Morgan fingerprint density at radius 3 is 2.33 bits per heavy atom. The van der Waals surface area contributed by atoms with Crippen LogP contribution >= 0.6 is 0 Å². The summed E-state index contributed by atoms with van der Waals surface area (Å²) in [5.74, 6) is -1.70. The molecule has 1 rings (SSSR count). The second-order valence-electron chi connectivity index (χ2n) is 3.53. The van der Waals surface area contributed by atoms with E-state index < -0.39 is 18.4 Å². The van der Waals surface area contributed by atoms with Crippen LogP contribution in [0.4, 0.5) is 13.2 Å². The maximum atomic E-state index is 12.0. The molecule has 0 radical (unpaired) electrons. The van der Waals surface area contributed by atoms with Crippen LogP contribution in [0, 0.1) is 13.8 Å². The van der Waals surface area contributed by atoms with Crippen molar-refractivity contribution in [3.8, 4) is 0 Å². The van der Waals surface area contributed by atoms with Gasteiger partial charge in [-0.3, -0.25) is 4.79 Å². The Labute approximate surface area is 85.9 Å². The van der Waals surface area contributed by atoms with Crippen molar-refractivity contribution in [1.82, 2.24) is 0 Å². The molecule has 0 saturated carbocycles. The number of benzene rings is 1. The Kier molecular flexibility index (Phi) is 3.17. The van der Waals surface area contributed by atoms with Crippen LogP contribution in [0.3, 0.4) is 0 Å². The van der Waals surface area contributed by atoms with E-state index in [1.807, 2.05) is 6.92 Å². The topological polar surface area (TPSA) is 17.1 Å². The molecule has 0 aliphatic heterocycles. The second-order valence-corrected chi connectivity index (χ2v) is 3.53. The van der Waals surface area contributed by atoms with E-state index in [0.29, 0.717) is 11.1 Å². The largest absolute Gasteiger partial charge is 0.450 e. The minimum atomic E-state index is -4.74. The molecule has 15 heavy (non-hydrogen) atoms. The smallest absolute Gasteiger partial charge is 0.289 e. The first-order chi connectivity index (χ1) is 6.80. The van der Waals surface area contributed by atoms with Gasteiger partial charge in [0.05, 0.1) is 0 Å². The lowest BCUT2D eigenvalue weighted by Gasteiger charge is -2.08. The maximum Gasteiger partial charge on any atom is 0.450 e. The number of ketones is 1. The Balaban J connectivity index is 2.87. The number of Topliss-reactive ketones (excluding diaryl/α,β-unsaturated/α-hetero) is 1. The normalized spacial score (nSPS) is 11.5. The standard InChI is InChI=1S/C11H11F3O/c1-7-3-4-9(8(2)5-7)6-10(15)11(12,13)14/h3-5H,6H2,1-2H3. The lowest BCUT2D eigenvalue weighted by Crippen LogP contribution is -2.24. The molecule has 1 aromatic rings. The highest BCUT2D eigenvalue weighted by Gasteiger charge is 2.37. The lowest BCUT2D eigenvalue weighted by atomic mass is 10.0. The van der Waals surface area contributed by atoms with E-state index in [-0.39, 0.29) is 0 Å². The highest BCUT2D eigenvalue weighted by atomic mass is 19.4. The Morgan fingerprint density at radius 1 is 1.27 bits per heavy atom. The van der Waals surface area contributed by atoms with E-state index in [1.165, 1.54) is 0 Å². The van der Waals surface area contributed by atoms with Gasteiger partial charge < -0.3 is 0 Å². The van der Waals surface area contributed by atoms with Crippen LogP contribution in [0.15, 0.2) is 18.2 Å². The van der Waals surface area contributed by atoms with Crippen LogP contribution in [0.25, 0.3) is 0 Å². The number of rotatable bonds is 2. The van der Waals surface area contributed by atoms with Gasteiger partial charge in [-0.2, -0.15) is 13.2 Å². The summed E-state index contributed by atoms with van der Waals surface area (Å²) in [5.41, 5.74) is 2.12. The summed E-state index contributed by atoms with van der Waals surface area (Å²) < 4.78 is 36.0. The highest BCUT2D eigenvalue weighted by molar-refractivity contribution is 5.86. The summed E-state index contributed by atoms with van der Waals surface area (Å²) in [6, 6.07) is 5.03. The molecular weight excluding hydrogens is 205 g/mol. The van der Waals surface area contributed by atoms with E-state index in [2.05, 4.69) is 0 Å². The number of aryl methyl sites for hydroxylation is 2. The van der Waals surface area contributed by atoms with Gasteiger partial charge in [0.25, 0.3) is 0 Å². The molecule has 0 N–H and O–H groups in total. The molecule has 0 aromatic heterocycles. The Morgan fingerprint density at radius 2 is 1.87 bits per heavy atom. The van der Waals surface area contributed by atoms with Crippen molar-refractivity contribution in [2.24, 2.45) is 0 Å². The van der Waals surface area contributed by atoms with E-state index in [4.69, 9.17) is 0 Å². The first-order valence-electron chi connectivity index (χ1n) is 4.47. The zero-order chi connectivity index (χ0) is 11.6. The number of carbonyl (C=O) groups excluding carboxylic acids is 1. The van der Waals surface area contributed by atoms with Crippen LogP contribution in [0.2, 0.25) is 0 Å². The molecule has 0 spiro atoms. The van der Waals surface area contributed by atoms with Crippen LogP contribution < -0.4 is 0 Å². The number of alkyl halides is 3. The second kappa shape index (κ2) is 4.04. The summed E-state index contributed by atoms with van der Waals surface area (Å²) in [6.07, 6.45) is -5.31. The maximum absolute atomic E-state index is 12.0. The minimum absolute atomic E-state index is 0.433. The summed E-state index contributed by atoms with van der Waals surface area (Å²) in [5, 5.41) is 0. The third-order valence-corrected chi connectivity index (χ3v) is 2.17. The molecule has 0 saturated heterocycles. The van der Waals surface area contributed by atoms with Crippen molar-refractivity contribution in [2.75, 3.05) is 0 Å². The van der Waals surface area contributed by atoms with Crippen LogP contribution in [0.5, 0.6) is 0 Å². The fourth-order valence-electron chi connectivity index (χ4n) is 1.32. The van der Waals surface area contributed by atoms with Gasteiger partial charge in [0, 0.05) is 6.42 Å². The first kappa shape index (κ1) is 11.8. The molecule has 0 aliphatic carbocycles. The monoisotopic (exact) mass is 216 g/mol. The van der Waals surface area contributed by atoms with Crippen molar-refractivity contribution in [3.05, 3.63) is 34.9 Å². The first-order valence-corrected chi connectivity index (χ1v) is 4.47. The van der Waals surface area contributed by atoms with Gasteiger partial charge in [-0.1, -0.05) is 23.8 Å². The van der Waals surface area contributed by atoms with Crippen molar-refractivity contribution in [1.29, 1.82) is 0 Å². The van der Waals surface area contributed by atoms with E-state index in [1.54, 1.807) is 25.1 Å². The molecule has 0 bridgehead atoms. The fraction of sp³-hybridized carbons (Fsp3) is 0.364. The van der Waals surface area contributed by atoms with E-state index >= 15 is 0 Å². The number of hydrogen-bond donors (Lipinski definition) is 0. The number of hydrogen-bond acceptors (Lipinski definition) is 1. The molecule has 0 fully saturated rings. The van der Waals surface area contributed by atoms with Crippen LogP contribution in [-0.2, 0) is 11.2 Å². The van der Waals surface area contributed by atoms with Crippen LogP contribution in [0.1, 0.15) is 16.7 Å². The summed E-state index contributed by atoms with van der Waals surface area (Å²) in [6.45, 7) is 3.55. The Hall–Kier alpha value is -1.32. The average Bonchev–Trinajstić information content (AvgIpc) is 2.08. The average molecular weight is 216 g/mol. The third-order valence-electron chi connectivity index (χ3n) is 2.17. The van der Waals surface area contributed by atoms with Gasteiger partial charge in [-0.25, -0.2) is 0 Å². The van der Waals surface area contributed by atoms with Gasteiger partial charge >= 0.3 is 6.18 Å². The molecule has 1 nitrogen and oxygen atoms in total. The molecule has 0 unspecified atom stereocenters. The van der Waals surface area contributed by atoms with Crippen molar-refractivity contribution < 1.29 is 18.0 Å². The quantitative estimate of drug-likeness (QED) is 0.742. The molecule has 4 heteroatoms. The van der Waals surface area contributed by atoms with Crippen molar-refractivity contribution in [2.45, 2.75) is 26.4 Å². The minimum Gasteiger partial charge on any atom is -0.289 e. The zero-order valence-corrected chi connectivity index (χ0v) is 8.48. The van der Waals surface area contributed by atoms with Crippen LogP contribution in [-0.4, -0.2) is 12.0 Å². The molecule has 0 atom stereocenters. The fourth-order valence-corrected chi connectivity index (χ4v) is 1.32. The molecule has 0 amide bonds. The molecule has 0 aliphatic rings. The van der Waals surface area contributed by atoms with E-state index in [9.17, 15) is 18.0 Å². The van der Waals surface area contributed by atoms with Gasteiger partial charge in [0.15, 0.2) is 0 Å².